The van der Waals surface area contributed by atoms with Gasteiger partial charge < -0.3 is 24.4 Å². The van der Waals surface area contributed by atoms with Crippen LogP contribution in [0.1, 0.15) is 36.1 Å². The molecule has 0 bridgehead atoms. The fourth-order valence-electron chi connectivity index (χ4n) is 4.68. The largest absolute Gasteiger partial charge is 0.508 e. The van der Waals surface area contributed by atoms with Gasteiger partial charge >= 0.3 is 0 Å². The molecule has 1 aromatic heterocycles. The fraction of sp³-hybridized carbons (Fsp3) is 0.269. The Balaban J connectivity index is 1.52. The van der Waals surface area contributed by atoms with Crippen LogP contribution in [0.25, 0.3) is 5.76 Å². The summed E-state index contributed by atoms with van der Waals surface area (Å²) >= 11 is 0. The van der Waals surface area contributed by atoms with Crippen molar-refractivity contribution in [3.63, 3.8) is 0 Å². The number of ether oxygens (including phenoxy) is 1. The molecule has 0 saturated carbocycles. The van der Waals surface area contributed by atoms with Gasteiger partial charge in [-0.15, -0.1) is 0 Å². The van der Waals surface area contributed by atoms with E-state index in [1.807, 2.05) is 23.8 Å². The van der Waals surface area contributed by atoms with Gasteiger partial charge in [0, 0.05) is 37.5 Å². The molecule has 3 aromatic rings. The molecule has 5 rings (SSSR count). The highest BCUT2D eigenvalue weighted by Gasteiger charge is 2.45. The summed E-state index contributed by atoms with van der Waals surface area (Å²) in [5.41, 5.74) is 2.11. The summed E-state index contributed by atoms with van der Waals surface area (Å²) in [6.07, 6.45) is 6.58. The van der Waals surface area contributed by atoms with Crippen LogP contribution in [0.5, 0.6) is 11.5 Å². The van der Waals surface area contributed by atoms with E-state index in [1.54, 1.807) is 36.8 Å². The van der Waals surface area contributed by atoms with Gasteiger partial charge in [0.25, 0.3) is 11.7 Å². The molecule has 174 valence electrons. The number of imidazole rings is 1. The van der Waals surface area contributed by atoms with E-state index in [0.717, 1.165) is 11.3 Å². The Kier molecular flexibility index (Phi) is 5.57. The van der Waals surface area contributed by atoms with Gasteiger partial charge in [-0.05, 0) is 54.8 Å². The Morgan fingerprint density at radius 1 is 1.15 bits per heavy atom. The van der Waals surface area contributed by atoms with Crippen LogP contribution in [-0.2, 0) is 22.6 Å². The maximum atomic E-state index is 13.2. The molecule has 2 aliphatic heterocycles. The highest BCUT2D eigenvalue weighted by Crippen LogP contribution is 2.41. The smallest absolute Gasteiger partial charge is 0.295 e. The number of amides is 1. The standard InChI is InChI=1S/C26H25N3O5/c1-16-13-19-14-18(5-8-21(19)34-16)24(31)22-23(17-3-6-20(30)7-4-17)29(26(33)25(22)32)11-2-10-28-12-9-27-15-28/h3-9,12,14-16,23,30-31H,2,10-11,13H2,1H3/t16-,23+/m1/s1. The number of aliphatic hydroxyl groups excluding tert-OH is 1. The van der Waals surface area contributed by atoms with Crippen LogP contribution in [0.3, 0.4) is 0 Å². The molecule has 2 atom stereocenters. The zero-order valence-corrected chi connectivity index (χ0v) is 18.7. The van der Waals surface area contributed by atoms with Gasteiger partial charge in [0.1, 0.15) is 23.4 Å². The number of benzene rings is 2. The van der Waals surface area contributed by atoms with Crippen LogP contribution >= 0.6 is 0 Å². The van der Waals surface area contributed by atoms with Crippen molar-refractivity contribution >= 4 is 17.4 Å². The lowest BCUT2D eigenvalue weighted by Gasteiger charge is -2.25. The number of likely N-dealkylation sites (tertiary alicyclic amines) is 1. The van der Waals surface area contributed by atoms with E-state index in [2.05, 4.69) is 4.98 Å². The minimum Gasteiger partial charge on any atom is -0.508 e. The minimum absolute atomic E-state index is 0.0465. The first kappa shape index (κ1) is 21.8. The molecule has 0 radical (unpaired) electrons. The summed E-state index contributed by atoms with van der Waals surface area (Å²) in [5, 5.41) is 21.0. The third-order valence-corrected chi connectivity index (χ3v) is 6.29. The van der Waals surface area contributed by atoms with Crippen LogP contribution in [0.15, 0.2) is 66.8 Å². The van der Waals surface area contributed by atoms with Gasteiger partial charge in [0.2, 0.25) is 0 Å². The van der Waals surface area contributed by atoms with Crippen LogP contribution in [0.4, 0.5) is 0 Å². The van der Waals surface area contributed by atoms with Crippen molar-refractivity contribution in [1.82, 2.24) is 14.5 Å². The first-order valence-electron chi connectivity index (χ1n) is 11.3. The lowest BCUT2D eigenvalue weighted by Crippen LogP contribution is -2.31. The molecule has 1 amide bonds. The van der Waals surface area contributed by atoms with Crippen molar-refractivity contribution in [2.45, 2.75) is 38.5 Å². The topological polar surface area (TPSA) is 105 Å². The Hall–Kier alpha value is -4.07. The third kappa shape index (κ3) is 3.91. The molecule has 2 N–H and O–H groups in total. The van der Waals surface area contributed by atoms with Crippen molar-refractivity contribution in [2.75, 3.05) is 6.54 Å². The van der Waals surface area contributed by atoms with E-state index in [4.69, 9.17) is 4.74 Å². The van der Waals surface area contributed by atoms with Crippen LogP contribution in [0.2, 0.25) is 0 Å². The number of nitrogens with zero attached hydrogens (tertiary/aromatic N) is 3. The molecule has 0 spiro atoms. The molecule has 3 heterocycles. The quantitative estimate of drug-likeness (QED) is 0.333. The van der Waals surface area contributed by atoms with Crippen LogP contribution in [0, 0.1) is 0 Å². The molecule has 8 nitrogen and oxygen atoms in total. The molecule has 0 aliphatic carbocycles. The number of phenolic OH excluding ortho intramolecular Hbond substituents is 1. The lowest BCUT2D eigenvalue weighted by atomic mass is 9.94. The highest BCUT2D eigenvalue weighted by atomic mass is 16.5. The van der Waals surface area contributed by atoms with E-state index in [0.29, 0.717) is 37.1 Å². The summed E-state index contributed by atoms with van der Waals surface area (Å²) in [6, 6.07) is 10.9. The summed E-state index contributed by atoms with van der Waals surface area (Å²) in [7, 11) is 0. The molecule has 1 fully saturated rings. The second-order valence-electron chi connectivity index (χ2n) is 8.69. The minimum atomic E-state index is -0.758. The number of aromatic hydroxyl groups is 1. The summed E-state index contributed by atoms with van der Waals surface area (Å²) < 4.78 is 7.64. The molecule has 1 saturated heterocycles. The number of carbonyl (C=O) groups excluding carboxylic acids is 2. The number of hydrogen-bond acceptors (Lipinski definition) is 6. The molecule has 2 aliphatic rings. The lowest BCUT2D eigenvalue weighted by molar-refractivity contribution is -0.139. The fourth-order valence-corrected chi connectivity index (χ4v) is 4.68. The number of aliphatic hydroxyl groups is 1. The Labute approximate surface area is 196 Å². The van der Waals surface area contributed by atoms with E-state index in [1.165, 1.54) is 17.0 Å². The molecular formula is C26H25N3O5. The summed E-state index contributed by atoms with van der Waals surface area (Å²) in [6.45, 7) is 2.93. The number of aromatic nitrogens is 2. The first-order valence-corrected chi connectivity index (χ1v) is 11.3. The van der Waals surface area contributed by atoms with Crippen molar-refractivity contribution in [1.29, 1.82) is 0 Å². The Morgan fingerprint density at radius 2 is 1.94 bits per heavy atom. The number of Topliss-reactive ketones (excluding diaryl/α,β-unsaturated/α-hetero) is 1. The van der Waals surface area contributed by atoms with E-state index < -0.39 is 17.7 Å². The number of carbonyl (C=O) groups is 2. The average Bonchev–Trinajstić information content (AvgIpc) is 3.53. The second-order valence-corrected chi connectivity index (χ2v) is 8.69. The molecule has 2 aromatic carbocycles. The van der Waals surface area contributed by atoms with E-state index in [-0.39, 0.29) is 23.2 Å². The van der Waals surface area contributed by atoms with E-state index >= 15 is 0 Å². The van der Waals surface area contributed by atoms with Crippen molar-refractivity contribution < 1.29 is 24.5 Å². The third-order valence-electron chi connectivity index (χ3n) is 6.29. The summed E-state index contributed by atoms with van der Waals surface area (Å²) in [4.78, 5) is 31.7. The van der Waals surface area contributed by atoms with Crippen LogP contribution in [-0.4, -0.2) is 49.0 Å². The van der Waals surface area contributed by atoms with Crippen molar-refractivity contribution in [2.24, 2.45) is 0 Å². The van der Waals surface area contributed by atoms with Gasteiger partial charge in [-0.1, -0.05) is 12.1 Å². The number of fused-ring (bicyclic) bond motifs is 1. The van der Waals surface area contributed by atoms with Gasteiger partial charge in [-0.25, -0.2) is 4.98 Å². The zero-order valence-electron chi connectivity index (χ0n) is 18.7. The van der Waals surface area contributed by atoms with Crippen LogP contribution < -0.4 is 4.74 Å². The second kappa shape index (κ2) is 8.70. The normalized spacial score (nSPS) is 21.0. The SMILES string of the molecule is C[C@@H]1Cc2cc(C(O)=C3C(=O)C(=O)N(CCCn4ccnc4)[C@H]3c3ccc(O)cc3)ccc2O1. The molecule has 0 unspecified atom stereocenters. The first-order chi connectivity index (χ1) is 16.4. The maximum absolute atomic E-state index is 13.2. The zero-order chi connectivity index (χ0) is 23.8. The predicted molar refractivity (Wildman–Crippen MR) is 124 cm³/mol. The van der Waals surface area contributed by atoms with Crippen molar-refractivity contribution in [3.8, 4) is 11.5 Å². The summed E-state index contributed by atoms with van der Waals surface area (Å²) in [5.74, 6) is -0.741. The average molecular weight is 460 g/mol. The molecular weight excluding hydrogens is 434 g/mol. The number of rotatable bonds is 6. The maximum Gasteiger partial charge on any atom is 0.295 e. The number of aryl methyl sites for hydroxylation is 1. The number of phenols is 1. The highest BCUT2D eigenvalue weighted by molar-refractivity contribution is 6.46. The van der Waals surface area contributed by atoms with E-state index in [9.17, 15) is 19.8 Å². The van der Waals surface area contributed by atoms with Gasteiger partial charge in [0.15, 0.2) is 0 Å². The van der Waals surface area contributed by atoms with Gasteiger partial charge in [-0.2, -0.15) is 0 Å². The Bertz CT molecular complexity index is 1260. The molecule has 8 heteroatoms. The van der Waals surface area contributed by atoms with Crippen molar-refractivity contribution in [3.05, 3.63) is 83.4 Å². The van der Waals surface area contributed by atoms with Gasteiger partial charge in [0.05, 0.1) is 17.9 Å². The number of ketones is 1. The monoisotopic (exact) mass is 459 g/mol. The molecule has 34 heavy (non-hydrogen) atoms. The Morgan fingerprint density at radius 3 is 2.68 bits per heavy atom. The van der Waals surface area contributed by atoms with Gasteiger partial charge in [-0.3, -0.25) is 9.59 Å². The predicted octanol–water partition coefficient (Wildman–Crippen LogP) is 3.42. The number of hydrogen-bond donors (Lipinski definition) is 2.